The van der Waals surface area contributed by atoms with Crippen LogP contribution in [-0.4, -0.2) is 47.5 Å². The van der Waals surface area contributed by atoms with Crippen LogP contribution in [0.4, 0.5) is 5.69 Å². The molecule has 2 rings (SSSR count). The van der Waals surface area contributed by atoms with E-state index in [1.54, 1.807) is 17.8 Å². The average molecular weight is 344 g/mol. The Morgan fingerprint density at radius 3 is 2.40 bits per heavy atom. The normalized spacial score (nSPS) is 12.3. The van der Waals surface area contributed by atoms with E-state index in [-0.39, 0.29) is 24.5 Å². The van der Waals surface area contributed by atoms with Crippen LogP contribution in [0.2, 0.25) is 0 Å². The van der Waals surface area contributed by atoms with Gasteiger partial charge in [-0.15, -0.1) is 0 Å². The van der Waals surface area contributed by atoms with E-state index in [0.29, 0.717) is 12.1 Å². The van der Waals surface area contributed by atoms with E-state index < -0.39 is 0 Å². The van der Waals surface area contributed by atoms with Gasteiger partial charge in [-0.25, -0.2) is 0 Å². The van der Waals surface area contributed by atoms with Gasteiger partial charge in [-0.3, -0.25) is 9.48 Å². The standard InChI is InChI=1S/C19H28N4O2/c1-13(2)17-11-18(23(5)21-17)19(25)20-15(12-24)10-14-6-8-16(9-7-14)22(3)4/h6-9,11,13,15,24H,10,12H2,1-5H3,(H,20,25). The van der Waals surface area contributed by atoms with Crippen LogP contribution in [0, 0.1) is 0 Å². The Morgan fingerprint density at radius 1 is 1.28 bits per heavy atom. The zero-order chi connectivity index (χ0) is 18.6. The lowest BCUT2D eigenvalue weighted by Crippen LogP contribution is -2.39. The Morgan fingerprint density at radius 2 is 1.92 bits per heavy atom. The second kappa shape index (κ2) is 8.16. The van der Waals surface area contributed by atoms with Gasteiger partial charge in [0.15, 0.2) is 0 Å². The lowest BCUT2D eigenvalue weighted by molar-refractivity contribution is 0.0907. The van der Waals surface area contributed by atoms with Crippen LogP contribution < -0.4 is 10.2 Å². The molecule has 6 heteroatoms. The molecule has 0 saturated carbocycles. The number of nitrogens with zero attached hydrogens (tertiary/aromatic N) is 3. The Kier molecular flexibility index (Phi) is 6.20. The minimum absolute atomic E-state index is 0.115. The molecule has 1 aromatic heterocycles. The molecule has 1 heterocycles. The van der Waals surface area contributed by atoms with Crippen LogP contribution in [0.5, 0.6) is 0 Å². The second-order valence-corrected chi connectivity index (χ2v) is 6.85. The Bertz CT molecular complexity index is 705. The van der Waals surface area contributed by atoms with Gasteiger partial charge in [0.25, 0.3) is 5.91 Å². The van der Waals surface area contributed by atoms with Crippen LogP contribution in [0.3, 0.4) is 0 Å². The van der Waals surface area contributed by atoms with E-state index in [0.717, 1.165) is 16.9 Å². The van der Waals surface area contributed by atoms with Crippen molar-refractivity contribution in [2.45, 2.75) is 32.2 Å². The third-order valence-corrected chi connectivity index (χ3v) is 4.21. The number of hydrogen-bond acceptors (Lipinski definition) is 4. The fourth-order valence-corrected chi connectivity index (χ4v) is 2.62. The van der Waals surface area contributed by atoms with Gasteiger partial charge < -0.3 is 15.3 Å². The Balaban J connectivity index is 2.04. The van der Waals surface area contributed by atoms with E-state index in [2.05, 4.69) is 10.4 Å². The highest BCUT2D eigenvalue weighted by Gasteiger charge is 2.18. The van der Waals surface area contributed by atoms with Gasteiger partial charge in [-0.1, -0.05) is 26.0 Å². The second-order valence-electron chi connectivity index (χ2n) is 6.85. The summed E-state index contributed by atoms with van der Waals surface area (Å²) >= 11 is 0. The van der Waals surface area contributed by atoms with Crippen molar-refractivity contribution in [2.24, 2.45) is 7.05 Å². The number of anilines is 1. The lowest BCUT2D eigenvalue weighted by atomic mass is 10.1. The third kappa shape index (κ3) is 4.82. The molecule has 1 atom stereocenters. The van der Waals surface area contributed by atoms with Gasteiger partial charge in [0.1, 0.15) is 5.69 Å². The van der Waals surface area contributed by atoms with Gasteiger partial charge in [0.2, 0.25) is 0 Å². The van der Waals surface area contributed by atoms with Crippen molar-refractivity contribution in [3.8, 4) is 0 Å². The molecule has 2 N–H and O–H groups in total. The third-order valence-electron chi connectivity index (χ3n) is 4.21. The number of hydrogen-bond donors (Lipinski definition) is 2. The SMILES string of the molecule is CC(C)c1cc(C(=O)NC(CO)Cc2ccc(N(C)C)cc2)n(C)n1. The number of aliphatic hydroxyl groups excluding tert-OH is 1. The predicted octanol–water partition coefficient (Wildman–Crippen LogP) is 1.94. The highest BCUT2D eigenvalue weighted by Crippen LogP contribution is 2.15. The smallest absolute Gasteiger partial charge is 0.269 e. The summed E-state index contributed by atoms with van der Waals surface area (Å²) in [5.41, 5.74) is 3.57. The van der Waals surface area contributed by atoms with Crippen molar-refractivity contribution in [3.63, 3.8) is 0 Å². The van der Waals surface area contributed by atoms with Crippen LogP contribution in [-0.2, 0) is 13.5 Å². The molecular weight excluding hydrogens is 316 g/mol. The minimum atomic E-state index is -0.338. The number of amides is 1. The van der Waals surface area contributed by atoms with Gasteiger partial charge >= 0.3 is 0 Å². The topological polar surface area (TPSA) is 70.4 Å². The molecular formula is C19H28N4O2. The zero-order valence-electron chi connectivity index (χ0n) is 15.7. The van der Waals surface area contributed by atoms with Crippen LogP contribution in [0.25, 0.3) is 0 Å². The predicted molar refractivity (Wildman–Crippen MR) is 100 cm³/mol. The number of aliphatic hydroxyl groups is 1. The van der Waals surface area contributed by atoms with Crippen molar-refractivity contribution >= 4 is 11.6 Å². The molecule has 0 radical (unpaired) electrons. The fourth-order valence-electron chi connectivity index (χ4n) is 2.62. The molecule has 0 fully saturated rings. The molecule has 1 aromatic carbocycles. The molecule has 0 spiro atoms. The molecule has 25 heavy (non-hydrogen) atoms. The summed E-state index contributed by atoms with van der Waals surface area (Å²) in [6.07, 6.45) is 0.574. The summed E-state index contributed by atoms with van der Waals surface area (Å²) in [6.45, 7) is 3.96. The summed E-state index contributed by atoms with van der Waals surface area (Å²) in [5, 5.41) is 16.9. The van der Waals surface area contributed by atoms with E-state index in [1.807, 2.05) is 57.1 Å². The Hall–Kier alpha value is -2.34. The van der Waals surface area contributed by atoms with Gasteiger partial charge in [-0.2, -0.15) is 5.10 Å². The molecule has 1 unspecified atom stereocenters. The van der Waals surface area contributed by atoms with Crippen molar-refractivity contribution in [3.05, 3.63) is 47.3 Å². The van der Waals surface area contributed by atoms with E-state index in [4.69, 9.17) is 0 Å². The number of aromatic nitrogens is 2. The molecule has 0 bridgehead atoms. The number of carbonyl (C=O) groups is 1. The monoisotopic (exact) mass is 344 g/mol. The van der Waals surface area contributed by atoms with E-state index >= 15 is 0 Å². The minimum Gasteiger partial charge on any atom is -0.394 e. The lowest BCUT2D eigenvalue weighted by Gasteiger charge is -2.17. The largest absolute Gasteiger partial charge is 0.394 e. The maximum atomic E-state index is 12.5. The zero-order valence-corrected chi connectivity index (χ0v) is 15.7. The first-order valence-corrected chi connectivity index (χ1v) is 8.53. The number of benzene rings is 1. The molecule has 0 saturated heterocycles. The molecule has 6 nitrogen and oxygen atoms in total. The number of rotatable bonds is 7. The quantitative estimate of drug-likeness (QED) is 0.805. The molecule has 0 aliphatic heterocycles. The van der Waals surface area contributed by atoms with Crippen LogP contribution in [0.15, 0.2) is 30.3 Å². The summed E-state index contributed by atoms with van der Waals surface area (Å²) < 4.78 is 1.59. The average Bonchev–Trinajstić information content (AvgIpc) is 2.97. The van der Waals surface area contributed by atoms with Crippen LogP contribution >= 0.6 is 0 Å². The van der Waals surface area contributed by atoms with Gasteiger partial charge in [0.05, 0.1) is 18.3 Å². The number of carbonyl (C=O) groups excluding carboxylic acids is 1. The summed E-state index contributed by atoms with van der Waals surface area (Å²) in [6, 6.07) is 9.56. The summed E-state index contributed by atoms with van der Waals surface area (Å²) in [4.78, 5) is 14.5. The van der Waals surface area contributed by atoms with E-state index in [1.165, 1.54) is 0 Å². The van der Waals surface area contributed by atoms with Gasteiger partial charge in [0, 0.05) is 26.8 Å². The maximum Gasteiger partial charge on any atom is 0.269 e. The fraction of sp³-hybridized carbons (Fsp3) is 0.474. The number of nitrogens with one attached hydrogen (secondary N) is 1. The summed E-state index contributed by atoms with van der Waals surface area (Å²) in [7, 11) is 5.74. The molecule has 2 aromatic rings. The highest BCUT2D eigenvalue weighted by atomic mass is 16.3. The first-order valence-electron chi connectivity index (χ1n) is 8.53. The van der Waals surface area contributed by atoms with Crippen molar-refractivity contribution in [1.82, 2.24) is 15.1 Å². The van der Waals surface area contributed by atoms with Crippen molar-refractivity contribution < 1.29 is 9.90 Å². The number of aryl methyl sites for hydroxylation is 1. The highest BCUT2D eigenvalue weighted by molar-refractivity contribution is 5.92. The van der Waals surface area contributed by atoms with E-state index in [9.17, 15) is 9.90 Å². The van der Waals surface area contributed by atoms with Crippen LogP contribution in [0.1, 0.15) is 41.5 Å². The molecule has 1 amide bonds. The Labute approximate surface area is 149 Å². The van der Waals surface area contributed by atoms with Gasteiger partial charge in [-0.05, 0) is 36.1 Å². The van der Waals surface area contributed by atoms with Crippen molar-refractivity contribution in [2.75, 3.05) is 25.6 Å². The van der Waals surface area contributed by atoms with Crippen molar-refractivity contribution in [1.29, 1.82) is 0 Å². The molecule has 0 aliphatic rings. The summed E-state index contributed by atoms with van der Waals surface area (Å²) in [5.74, 6) is 0.0439. The first kappa shape index (κ1) is 19.0. The molecule has 0 aliphatic carbocycles. The maximum absolute atomic E-state index is 12.5. The first-order chi connectivity index (χ1) is 11.8. The molecule has 136 valence electrons.